The van der Waals surface area contributed by atoms with Crippen molar-refractivity contribution in [3.8, 4) is 0 Å². The molecule has 0 bridgehead atoms. The maximum absolute atomic E-state index is 12.4. The first kappa shape index (κ1) is 16.6. The molecule has 1 fully saturated rings. The fourth-order valence-electron chi connectivity index (χ4n) is 2.94. The quantitative estimate of drug-likeness (QED) is 0.877. The number of nitrogens with zero attached hydrogens (tertiary/aromatic N) is 3. The van der Waals surface area contributed by atoms with Gasteiger partial charge in [-0.15, -0.1) is 11.3 Å². The van der Waals surface area contributed by atoms with Gasteiger partial charge in [-0.2, -0.15) is 0 Å². The van der Waals surface area contributed by atoms with Crippen LogP contribution in [0.25, 0.3) is 0 Å². The molecule has 0 saturated carbocycles. The molecule has 2 amide bonds. The van der Waals surface area contributed by atoms with Gasteiger partial charge in [-0.3, -0.25) is 14.5 Å². The Balaban J connectivity index is 1.63. The van der Waals surface area contributed by atoms with Gasteiger partial charge in [0.1, 0.15) is 11.7 Å². The van der Waals surface area contributed by atoms with Crippen molar-refractivity contribution in [2.24, 2.45) is 5.73 Å². The molecule has 0 unspecified atom stereocenters. The summed E-state index contributed by atoms with van der Waals surface area (Å²) in [6.45, 7) is 2.28. The van der Waals surface area contributed by atoms with Gasteiger partial charge < -0.3 is 10.6 Å². The minimum atomic E-state index is -0.454. The van der Waals surface area contributed by atoms with Crippen LogP contribution in [0.5, 0.6) is 0 Å². The second kappa shape index (κ2) is 7.55. The van der Waals surface area contributed by atoms with Crippen LogP contribution < -0.4 is 5.73 Å². The summed E-state index contributed by atoms with van der Waals surface area (Å²) in [7, 11) is 0. The first-order chi connectivity index (χ1) is 11.6. The summed E-state index contributed by atoms with van der Waals surface area (Å²) in [6, 6.07) is 9.68. The van der Waals surface area contributed by atoms with E-state index in [4.69, 9.17) is 5.73 Å². The van der Waals surface area contributed by atoms with Crippen molar-refractivity contribution in [2.45, 2.75) is 12.5 Å². The Morgan fingerprint density at radius 3 is 2.71 bits per heavy atom. The van der Waals surface area contributed by atoms with E-state index in [-0.39, 0.29) is 11.8 Å². The number of carbonyl (C=O) groups is 2. The molecular weight excluding hydrogens is 324 g/mol. The molecule has 1 aromatic carbocycles. The smallest absolute Gasteiger partial charge is 0.273 e. The molecule has 0 spiro atoms. The minimum absolute atomic E-state index is 0.134. The summed E-state index contributed by atoms with van der Waals surface area (Å²) in [5, 5.41) is 1.73. The summed E-state index contributed by atoms with van der Waals surface area (Å²) in [6.07, 6.45) is 0.852. The van der Waals surface area contributed by atoms with Crippen LogP contribution in [-0.2, 0) is 11.2 Å². The van der Waals surface area contributed by atoms with Gasteiger partial charge in [0.25, 0.3) is 5.91 Å². The highest BCUT2D eigenvalue weighted by molar-refractivity contribution is 7.07. The van der Waals surface area contributed by atoms with E-state index in [0.29, 0.717) is 25.3 Å². The lowest BCUT2D eigenvalue weighted by Crippen LogP contribution is -2.59. The third-order valence-corrected chi connectivity index (χ3v) is 4.88. The Kier molecular flexibility index (Phi) is 5.22. The van der Waals surface area contributed by atoms with Crippen molar-refractivity contribution in [1.82, 2.24) is 14.8 Å². The largest absolute Gasteiger partial charge is 0.368 e. The van der Waals surface area contributed by atoms with Crippen molar-refractivity contribution < 1.29 is 9.59 Å². The number of nitrogens with two attached hydrogens (primary N) is 1. The second-order valence-electron chi connectivity index (χ2n) is 5.81. The maximum atomic E-state index is 12.4. The van der Waals surface area contributed by atoms with E-state index >= 15 is 0 Å². The summed E-state index contributed by atoms with van der Waals surface area (Å²) in [4.78, 5) is 32.1. The Labute approximate surface area is 144 Å². The molecule has 2 N–H and O–H groups in total. The van der Waals surface area contributed by atoms with E-state index in [9.17, 15) is 9.59 Å². The van der Waals surface area contributed by atoms with Gasteiger partial charge in [-0.05, 0) is 12.0 Å². The van der Waals surface area contributed by atoms with E-state index in [1.807, 2.05) is 18.2 Å². The van der Waals surface area contributed by atoms with E-state index in [1.54, 1.807) is 15.8 Å². The Morgan fingerprint density at radius 1 is 1.25 bits per heavy atom. The van der Waals surface area contributed by atoms with Gasteiger partial charge in [-0.25, -0.2) is 4.98 Å². The second-order valence-corrected chi connectivity index (χ2v) is 6.53. The van der Waals surface area contributed by atoms with Gasteiger partial charge in [0.05, 0.1) is 5.51 Å². The van der Waals surface area contributed by atoms with E-state index in [1.165, 1.54) is 16.9 Å². The van der Waals surface area contributed by atoms with Gasteiger partial charge >= 0.3 is 0 Å². The number of hydrogen-bond acceptors (Lipinski definition) is 5. The summed E-state index contributed by atoms with van der Waals surface area (Å²) >= 11 is 1.38. The SMILES string of the molecule is NC(=O)[C@@H]1CN(C(=O)c2cscn2)CCN1CCc1ccccc1. The van der Waals surface area contributed by atoms with E-state index < -0.39 is 6.04 Å². The Morgan fingerprint density at radius 2 is 2.04 bits per heavy atom. The number of aromatic nitrogens is 1. The highest BCUT2D eigenvalue weighted by Gasteiger charge is 2.33. The fourth-order valence-corrected chi connectivity index (χ4v) is 3.47. The number of amides is 2. The zero-order valence-corrected chi connectivity index (χ0v) is 14.1. The third-order valence-electron chi connectivity index (χ3n) is 4.29. The number of hydrogen-bond donors (Lipinski definition) is 1. The molecule has 126 valence electrons. The molecule has 1 atom stereocenters. The molecule has 1 saturated heterocycles. The molecule has 3 rings (SSSR count). The lowest BCUT2D eigenvalue weighted by Gasteiger charge is -2.39. The first-order valence-electron chi connectivity index (χ1n) is 7.90. The van der Waals surface area contributed by atoms with Crippen LogP contribution in [-0.4, -0.2) is 58.8 Å². The summed E-state index contributed by atoms with van der Waals surface area (Å²) in [5.41, 5.74) is 8.86. The molecule has 2 aromatic rings. The molecule has 7 heteroatoms. The molecule has 0 radical (unpaired) electrons. The van der Waals surface area contributed by atoms with Gasteiger partial charge in [0.2, 0.25) is 5.91 Å². The van der Waals surface area contributed by atoms with Crippen molar-refractivity contribution >= 4 is 23.2 Å². The van der Waals surface area contributed by atoms with E-state index in [2.05, 4.69) is 22.0 Å². The average Bonchev–Trinajstić information content (AvgIpc) is 3.14. The number of rotatable bonds is 5. The normalized spacial score (nSPS) is 18.5. The maximum Gasteiger partial charge on any atom is 0.273 e. The van der Waals surface area contributed by atoms with Crippen LogP contribution in [0, 0.1) is 0 Å². The minimum Gasteiger partial charge on any atom is -0.368 e. The van der Waals surface area contributed by atoms with Gasteiger partial charge in [-0.1, -0.05) is 30.3 Å². The molecule has 24 heavy (non-hydrogen) atoms. The number of thiazole rings is 1. The predicted octanol–water partition coefficient (Wildman–Crippen LogP) is 0.997. The Bertz CT molecular complexity index is 690. The number of piperazine rings is 1. The van der Waals surface area contributed by atoms with Crippen LogP contribution in [0.3, 0.4) is 0 Å². The zero-order chi connectivity index (χ0) is 16.9. The molecule has 0 aliphatic carbocycles. The lowest BCUT2D eigenvalue weighted by molar-refractivity contribution is -0.125. The highest BCUT2D eigenvalue weighted by atomic mass is 32.1. The molecule has 1 aliphatic rings. The standard InChI is InChI=1S/C17H20N4O2S/c18-16(22)15-10-21(17(23)14-11-24-12-19-14)9-8-20(15)7-6-13-4-2-1-3-5-13/h1-5,11-12,15H,6-10H2,(H2,18,22)/t15-/m0/s1. The molecule has 6 nitrogen and oxygen atoms in total. The number of carbonyl (C=O) groups excluding carboxylic acids is 2. The van der Waals surface area contributed by atoms with Crippen LogP contribution in [0.2, 0.25) is 0 Å². The van der Waals surface area contributed by atoms with Gasteiger partial charge in [0.15, 0.2) is 0 Å². The average molecular weight is 344 g/mol. The molecular formula is C17H20N4O2S. The van der Waals surface area contributed by atoms with Crippen LogP contribution >= 0.6 is 11.3 Å². The van der Waals surface area contributed by atoms with E-state index in [0.717, 1.165) is 13.0 Å². The van der Waals surface area contributed by atoms with Crippen LogP contribution in [0.4, 0.5) is 0 Å². The first-order valence-corrected chi connectivity index (χ1v) is 8.84. The highest BCUT2D eigenvalue weighted by Crippen LogP contribution is 2.14. The van der Waals surface area contributed by atoms with Gasteiger partial charge in [0, 0.05) is 31.6 Å². The zero-order valence-electron chi connectivity index (χ0n) is 13.3. The molecule has 1 aromatic heterocycles. The predicted molar refractivity (Wildman–Crippen MR) is 92.7 cm³/mol. The topological polar surface area (TPSA) is 79.5 Å². The summed E-state index contributed by atoms with van der Waals surface area (Å²) in [5.74, 6) is -0.524. The Hall–Kier alpha value is -2.25. The van der Waals surface area contributed by atoms with Crippen molar-refractivity contribution in [3.05, 3.63) is 52.5 Å². The molecule has 2 heterocycles. The summed E-state index contributed by atoms with van der Waals surface area (Å²) < 4.78 is 0. The van der Waals surface area contributed by atoms with Crippen molar-refractivity contribution in [3.63, 3.8) is 0 Å². The van der Waals surface area contributed by atoms with Crippen LogP contribution in [0.1, 0.15) is 16.1 Å². The van der Waals surface area contributed by atoms with Crippen LogP contribution in [0.15, 0.2) is 41.2 Å². The third kappa shape index (κ3) is 3.80. The number of primary amides is 1. The van der Waals surface area contributed by atoms with Crippen molar-refractivity contribution in [1.29, 1.82) is 0 Å². The monoisotopic (exact) mass is 344 g/mol. The molecule has 1 aliphatic heterocycles. The van der Waals surface area contributed by atoms with Crippen molar-refractivity contribution in [2.75, 3.05) is 26.2 Å². The number of benzene rings is 1. The lowest BCUT2D eigenvalue weighted by atomic mass is 10.1. The fraction of sp³-hybridized carbons (Fsp3) is 0.353.